The molecule has 1 atom stereocenters. The predicted molar refractivity (Wildman–Crippen MR) is 99.5 cm³/mol. The van der Waals surface area contributed by atoms with E-state index in [1.165, 1.54) is 18.4 Å². The quantitative estimate of drug-likeness (QED) is 0.472. The number of ether oxygens (including phenoxy) is 1. The molecule has 0 fully saturated rings. The molecule has 1 heterocycles. The highest BCUT2D eigenvalue weighted by Gasteiger charge is 2.18. The van der Waals surface area contributed by atoms with Crippen LogP contribution in [0.5, 0.6) is 0 Å². The van der Waals surface area contributed by atoms with E-state index in [1.807, 2.05) is 19.1 Å². The van der Waals surface area contributed by atoms with E-state index < -0.39 is 5.97 Å². The fourth-order valence-electron chi connectivity index (χ4n) is 2.71. The lowest BCUT2D eigenvalue weighted by Gasteiger charge is -2.16. The van der Waals surface area contributed by atoms with Crippen molar-refractivity contribution in [2.45, 2.75) is 65.4 Å². The van der Waals surface area contributed by atoms with Crippen molar-refractivity contribution in [2.24, 2.45) is 0 Å². The molecule has 4 heteroatoms. The number of nitrogens with zero attached hydrogens (tertiary/aromatic N) is 2. The first kappa shape index (κ1) is 19.1. The maximum Gasteiger partial charge on any atom is 0.376 e. The summed E-state index contributed by atoms with van der Waals surface area (Å²) in [7, 11) is 0. The van der Waals surface area contributed by atoms with Crippen LogP contribution in [0, 0.1) is 0 Å². The van der Waals surface area contributed by atoms with E-state index in [1.54, 1.807) is 12.4 Å². The number of carbonyl (C=O) groups excluding carboxylic acids is 1. The Morgan fingerprint density at radius 1 is 1.00 bits per heavy atom. The number of hydrogen-bond acceptors (Lipinski definition) is 4. The lowest BCUT2D eigenvalue weighted by molar-refractivity contribution is 0.0273. The number of carbonyl (C=O) groups is 1. The molecule has 0 N–H and O–H groups in total. The average Bonchev–Trinajstić information content (AvgIpc) is 2.67. The van der Waals surface area contributed by atoms with Gasteiger partial charge in [0, 0.05) is 12.4 Å². The highest BCUT2D eigenvalue weighted by atomic mass is 16.5. The van der Waals surface area contributed by atoms with Gasteiger partial charge in [0.15, 0.2) is 0 Å². The fourth-order valence-corrected chi connectivity index (χ4v) is 2.71. The number of hydrogen-bond donors (Lipinski definition) is 0. The molecule has 0 saturated carbocycles. The van der Waals surface area contributed by atoms with Crippen molar-refractivity contribution in [2.75, 3.05) is 0 Å². The van der Waals surface area contributed by atoms with E-state index in [4.69, 9.17) is 4.74 Å². The average molecular weight is 340 g/mol. The Kier molecular flexibility index (Phi) is 7.58. The smallest absolute Gasteiger partial charge is 0.376 e. The number of esters is 1. The molecule has 0 bridgehead atoms. The minimum Gasteiger partial charge on any atom is -0.452 e. The van der Waals surface area contributed by atoms with Crippen LogP contribution in [0.15, 0.2) is 36.7 Å². The number of aromatic nitrogens is 2. The van der Waals surface area contributed by atoms with Crippen LogP contribution in [-0.4, -0.2) is 15.9 Å². The van der Waals surface area contributed by atoms with Gasteiger partial charge in [-0.2, -0.15) is 0 Å². The van der Waals surface area contributed by atoms with Gasteiger partial charge in [-0.15, -0.1) is 0 Å². The first-order chi connectivity index (χ1) is 12.2. The van der Waals surface area contributed by atoms with Gasteiger partial charge in [0.05, 0.1) is 0 Å². The Bertz CT molecular complexity index is 651. The van der Waals surface area contributed by atoms with Gasteiger partial charge in [0.25, 0.3) is 0 Å². The van der Waals surface area contributed by atoms with Gasteiger partial charge in [-0.25, -0.2) is 14.8 Å². The Morgan fingerprint density at radius 3 is 2.24 bits per heavy atom. The van der Waals surface area contributed by atoms with E-state index in [0.717, 1.165) is 30.4 Å². The lowest BCUT2D eigenvalue weighted by Crippen LogP contribution is -2.14. The maximum atomic E-state index is 12.3. The minimum atomic E-state index is -0.466. The number of rotatable bonds is 9. The molecule has 1 aromatic heterocycles. The normalized spacial score (nSPS) is 12.0. The van der Waals surface area contributed by atoms with Crippen LogP contribution in [0.4, 0.5) is 0 Å². The van der Waals surface area contributed by atoms with Gasteiger partial charge in [0.2, 0.25) is 5.82 Å². The number of unbranched alkanes of at least 4 members (excludes halogenated alkanes) is 2. The van der Waals surface area contributed by atoms with Crippen LogP contribution in [0.1, 0.15) is 79.9 Å². The van der Waals surface area contributed by atoms with Gasteiger partial charge >= 0.3 is 5.97 Å². The highest BCUT2D eigenvalue weighted by molar-refractivity contribution is 5.85. The molecule has 0 saturated heterocycles. The molecule has 0 radical (unpaired) electrons. The van der Waals surface area contributed by atoms with Gasteiger partial charge < -0.3 is 4.74 Å². The maximum absolute atomic E-state index is 12.3. The van der Waals surface area contributed by atoms with Crippen molar-refractivity contribution in [1.29, 1.82) is 0 Å². The molecule has 4 nitrogen and oxygen atoms in total. The lowest BCUT2D eigenvalue weighted by atomic mass is 10.0. The third-order valence-electron chi connectivity index (χ3n) is 4.34. The van der Waals surface area contributed by atoms with Crippen LogP contribution in [0.2, 0.25) is 0 Å². The SMILES string of the molecule is CCCCCc1cnc(C(=O)OC(CC)c2ccc(CC)cc2)nc1. The van der Waals surface area contributed by atoms with Crippen molar-refractivity contribution in [3.63, 3.8) is 0 Å². The summed E-state index contributed by atoms with van der Waals surface area (Å²) in [5.74, 6) is -0.339. The Hall–Kier alpha value is -2.23. The second kappa shape index (κ2) is 9.92. The summed E-state index contributed by atoms with van der Waals surface area (Å²) >= 11 is 0. The monoisotopic (exact) mass is 340 g/mol. The second-order valence-electron chi connectivity index (χ2n) is 6.27. The molecule has 1 unspecified atom stereocenters. The van der Waals surface area contributed by atoms with E-state index in [0.29, 0.717) is 6.42 Å². The van der Waals surface area contributed by atoms with E-state index >= 15 is 0 Å². The predicted octanol–water partition coefficient (Wildman–Crippen LogP) is 5.08. The first-order valence-electron chi connectivity index (χ1n) is 9.28. The van der Waals surface area contributed by atoms with Crippen molar-refractivity contribution < 1.29 is 9.53 Å². The molecule has 134 valence electrons. The Labute approximate surface area is 150 Å². The minimum absolute atomic E-state index is 0.128. The zero-order valence-electron chi connectivity index (χ0n) is 15.5. The van der Waals surface area contributed by atoms with Gasteiger partial charge in [0.1, 0.15) is 6.10 Å². The molecule has 0 aliphatic carbocycles. The summed E-state index contributed by atoms with van der Waals surface area (Å²) in [6.45, 7) is 6.30. The second-order valence-corrected chi connectivity index (χ2v) is 6.27. The summed E-state index contributed by atoms with van der Waals surface area (Å²) < 4.78 is 5.62. The van der Waals surface area contributed by atoms with E-state index in [-0.39, 0.29) is 11.9 Å². The van der Waals surface area contributed by atoms with Gasteiger partial charge in [-0.05, 0) is 42.4 Å². The van der Waals surface area contributed by atoms with Crippen molar-refractivity contribution in [1.82, 2.24) is 9.97 Å². The Balaban J connectivity index is 1.98. The summed E-state index contributed by atoms with van der Waals surface area (Å²) in [6.07, 6.45) is 9.35. The van der Waals surface area contributed by atoms with Crippen LogP contribution >= 0.6 is 0 Å². The number of aryl methyl sites for hydroxylation is 2. The molecule has 0 amide bonds. The molecular formula is C21H28N2O2. The van der Waals surface area contributed by atoms with Crippen LogP contribution in [0.25, 0.3) is 0 Å². The van der Waals surface area contributed by atoms with Crippen LogP contribution in [0.3, 0.4) is 0 Å². The zero-order chi connectivity index (χ0) is 18.1. The highest BCUT2D eigenvalue weighted by Crippen LogP contribution is 2.22. The van der Waals surface area contributed by atoms with Crippen molar-refractivity contribution in [3.05, 3.63) is 59.2 Å². The molecule has 2 aromatic rings. The zero-order valence-corrected chi connectivity index (χ0v) is 15.5. The van der Waals surface area contributed by atoms with Crippen LogP contribution < -0.4 is 0 Å². The molecule has 2 rings (SSSR count). The topological polar surface area (TPSA) is 52.1 Å². The fraction of sp³-hybridized carbons (Fsp3) is 0.476. The first-order valence-corrected chi connectivity index (χ1v) is 9.28. The summed E-state index contributed by atoms with van der Waals surface area (Å²) in [5, 5.41) is 0. The van der Waals surface area contributed by atoms with E-state index in [2.05, 4.69) is 35.9 Å². The van der Waals surface area contributed by atoms with Crippen molar-refractivity contribution in [3.8, 4) is 0 Å². The third kappa shape index (κ3) is 5.66. The molecular weight excluding hydrogens is 312 g/mol. The van der Waals surface area contributed by atoms with Gasteiger partial charge in [-0.3, -0.25) is 0 Å². The summed E-state index contributed by atoms with van der Waals surface area (Å²) in [5.41, 5.74) is 3.34. The molecule has 1 aromatic carbocycles. The largest absolute Gasteiger partial charge is 0.452 e. The van der Waals surface area contributed by atoms with Crippen LogP contribution in [-0.2, 0) is 17.6 Å². The number of benzene rings is 1. The third-order valence-corrected chi connectivity index (χ3v) is 4.34. The molecule has 0 spiro atoms. The summed E-state index contributed by atoms with van der Waals surface area (Å²) in [6, 6.07) is 8.21. The molecule has 0 aliphatic rings. The molecule has 25 heavy (non-hydrogen) atoms. The summed E-state index contributed by atoms with van der Waals surface area (Å²) in [4.78, 5) is 20.7. The van der Waals surface area contributed by atoms with Crippen molar-refractivity contribution >= 4 is 5.97 Å². The Morgan fingerprint density at radius 2 is 1.68 bits per heavy atom. The van der Waals surface area contributed by atoms with Gasteiger partial charge in [-0.1, -0.05) is 57.9 Å². The van der Waals surface area contributed by atoms with E-state index in [9.17, 15) is 4.79 Å². The molecule has 0 aliphatic heterocycles. The standard InChI is InChI=1S/C21H28N2O2/c1-4-7-8-9-17-14-22-20(23-15-17)21(24)25-19(6-3)18-12-10-16(5-2)11-13-18/h10-15,19H,4-9H2,1-3H3.